The molecule has 2 rings (SSSR count). The van der Waals surface area contributed by atoms with Gasteiger partial charge in [0.05, 0.1) is 30.1 Å². The van der Waals surface area contributed by atoms with Gasteiger partial charge in [-0.15, -0.1) is 0 Å². The molecule has 0 atom stereocenters. The number of hydrazone groups is 1. The van der Waals surface area contributed by atoms with Crippen LogP contribution < -0.4 is 25.0 Å². The van der Waals surface area contributed by atoms with Crippen LogP contribution in [0.1, 0.15) is 25.8 Å². The smallest absolute Gasteiger partial charge is 0.249 e. The van der Waals surface area contributed by atoms with Crippen LogP contribution in [0.3, 0.4) is 0 Å². The van der Waals surface area contributed by atoms with Gasteiger partial charge < -0.3 is 19.5 Å². The molecule has 0 bridgehead atoms. The Balaban J connectivity index is 1.89. The van der Waals surface area contributed by atoms with Gasteiger partial charge in [-0.05, 0) is 78.4 Å². The van der Waals surface area contributed by atoms with Crippen LogP contribution in [0.25, 0.3) is 0 Å². The van der Waals surface area contributed by atoms with Crippen molar-refractivity contribution in [1.29, 1.82) is 0 Å². The lowest BCUT2D eigenvalue weighted by Crippen LogP contribution is -2.24. The van der Waals surface area contributed by atoms with Crippen LogP contribution in [0.5, 0.6) is 17.2 Å². The summed E-state index contributed by atoms with van der Waals surface area (Å²) in [5.74, 6) is 0.981. The maximum absolute atomic E-state index is 12.0. The molecule has 2 aromatic rings. The Hall–Kier alpha value is -2.82. The highest BCUT2D eigenvalue weighted by molar-refractivity contribution is 14.1. The molecule has 0 aromatic heterocycles. The second kappa shape index (κ2) is 12.0. The van der Waals surface area contributed by atoms with Crippen molar-refractivity contribution in [2.75, 3.05) is 25.6 Å². The molecule has 8 nitrogen and oxygen atoms in total. The van der Waals surface area contributed by atoms with Gasteiger partial charge in [-0.1, -0.05) is 0 Å². The van der Waals surface area contributed by atoms with E-state index in [9.17, 15) is 9.59 Å². The third-order valence-electron chi connectivity index (χ3n) is 3.71. The summed E-state index contributed by atoms with van der Waals surface area (Å²) in [6.07, 6.45) is 1.13. The normalized spacial score (nSPS) is 10.5. The van der Waals surface area contributed by atoms with Gasteiger partial charge in [0.2, 0.25) is 11.8 Å². The van der Waals surface area contributed by atoms with E-state index in [-0.39, 0.29) is 6.42 Å². The Morgan fingerprint density at radius 3 is 2.40 bits per heavy atom. The molecule has 2 amide bonds. The van der Waals surface area contributed by atoms with E-state index in [1.54, 1.807) is 37.4 Å². The number of halogens is 1. The van der Waals surface area contributed by atoms with E-state index in [4.69, 9.17) is 14.2 Å². The molecule has 2 N–H and O–H groups in total. The Kier molecular flexibility index (Phi) is 9.39. The number of amides is 2. The first kappa shape index (κ1) is 23.5. The number of carbonyl (C=O) groups is 2. The molecular weight excluding hydrogens is 501 g/mol. The molecule has 160 valence electrons. The lowest BCUT2D eigenvalue weighted by molar-refractivity contribution is -0.126. The Bertz CT molecular complexity index is 900. The average Bonchev–Trinajstić information content (AvgIpc) is 2.70. The van der Waals surface area contributed by atoms with Gasteiger partial charge in [-0.25, -0.2) is 5.43 Å². The summed E-state index contributed by atoms with van der Waals surface area (Å²) >= 11 is 2.13. The van der Waals surface area contributed by atoms with Crippen molar-refractivity contribution in [2.45, 2.75) is 20.3 Å². The van der Waals surface area contributed by atoms with Gasteiger partial charge in [0.25, 0.3) is 0 Å². The van der Waals surface area contributed by atoms with E-state index < -0.39 is 11.8 Å². The fourth-order valence-electron chi connectivity index (χ4n) is 2.49. The van der Waals surface area contributed by atoms with Crippen LogP contribution in [0.2, 0.25) is 0 Å². The SMILES string of the molecule is CCOc1ccc(NC(=O)CC(=O)NN=Cc2cc(I)c(OC)c(OCC)c2)cc1. The molecule has 0 fully saturated rings. The third kappa shape index (κ3) is 7.21. The van der Waals surface area contributed by atoms with Gasteiger partial charge in [-0.2, -0.15) is 5.10 Å². The van der Waals surface area contributed by atoms with E-state index >= 15 is 0 Å². The number of hydrogen-bond acceptors (Lipinski definition) is 6. The molecule has 0 radical (unpaired) electrons. The maximum Gasteiger partial charge on any atom is 0.249 e. The van der Waals surface area contributed by atoms with Crippen LogP contribution in [0, 0.1) is 3.57 Å². The average molecular weight is 525 g/mol. The fraction of sp³-hybridized carbons (Fsp3) is 0.286. The predicted molar refractivity (Wildman–Crippen MR) is 123 cm³/mol. The zero-order valence-corrected chi connectivity index (χ0v) is 19.2. The van der Waals surface area contributed by atoms with E-state index in [0.717, 1.165) is 9.13 Å². The highest BCUT2D eigenvalue weighted by Gasteiger charge is 2.11. The number of hydrogen-bond donors (Lipinski definition) is 2. The summed E-state index contributed by atoms with van der Waals surface area (Å²) in [6, 6.07) is 10.5. The number of nitrogens with zero attached hydrogens (tertiary/aromatic N) is 1. The first-order valence-corrected chi connectivity index (χ1v) is 10.4. The maximum atomic E-state index is 12.0. The van der Waals surface area contributed by atoms with Crippen molar-refractivity contribution < 1.29 is 23.8 Å². The summed E-state index contributed by atoms with van der Waals surface area (Å²) in [5.41, 5.74) is 3.65. The Morgan fingerprint density at radius 2 is 1.77 bits per heavy atom. The zero-order valence-electron chi connectivity index (χ0n) is 17.0. The lowest BCUT2D eigenvalue weighted by atomic mass is 10.2. The minimum absolute atomic E-state index is 0.352. The largest absolute Gasteiger partial charge is 0.494 e. The van der Waals surface area contributed by atoms with E-state index in [1.807, 2.05) is 19.9 Å². The molecule has 0 aliphatic heterocycles. The quantitative estimate of drug-likeness (QED) is 0.214. The molecule has 0 aliphatic rings. The van der Waals surface area contributed by atoms with Gasteiger partial charge >= 0.3 is 0 Å². The number of ether oxygens (including phenoxy) is 3. The number of methoxy groups -OCH3 is 1. The van der Waals surface area contributed by atoms with Crippen molar-refractivity contribution in [2.24, 2.45) is 5.10 Å². The molecule has 30 heavy (non-hydrogen) atoms. The first-order valence-electron chi connectivity index (χ1n) is 9.31. The highest BCUT2D eigenvalue weighted by Crippen LogP contribution is 2.33. The van der Waals surface area contributed by atoms with Gasteiger partial charge in [0.1, 0.15) is 12.2 Å². The van der Waals surface area contributed by atoms with Crippen LogP contribution in [-0.2, 0) is 9.59 Å². The second-order valence-corrected chi connectivity index (χ2v) is 7.10. The van der Waals surface area contributed by atoms with Crippen LogP contribution in [-0.4, -0.2) is 38.4 Å². The van der Waals surface area contributed by atoms with E-state index in [1.165, 1.54) is 6.21 Å². The summed E-state index contributed by atoms with van der Waals surface area (Å²) in [5, 5.41) is 6.56. The first-order chi connectivity index (χ1) is 14.5. The summed E-state index contributed by atoms with van der Waals surface area (Å²) in [7, 11) is 1.58. The molecule has 0 saturated heterocycles. The van der Waals surface area contributed by atoms with Gasteiger partial charge in [0, 0.05) is 5.69 Å². The Labute approximate surface area is 189 Å². The molecule has 9 heteroatoms. The zero-order chi connectivity index (χ0) is 21.9. The van der Waals surface area contributed by atoms with Gasteiger partial charge in [0.15, 0.2) is 11.5 Å². The highest BCUT2D eigenvalue weighted by atomic mass is 127. The third-order valence-corrected chi connectivity index (χ3v) is 4.51. The lowest BCUT2D eigenvalue weighted by Gasteiger charge is -2.11. The molecule has 0 spiro atoms. The second-order valence-electron chi connectivity index (χ2n) is 5.94. The van der Waals surface area contributed by atoms with E-state index in [2.05, 4.69) is 38.4 Å². The number of nitrogens with one attached hydrogen (secondary N) is 2. The number of carbonyl (C=O) groups excluding carboxylic acids is 2. The van der Waals surface area contributed by atoms with Crippen LogP contribution >= 0.6 is 22.6 Å². The number of benzene rings is 2. The van der Waals surface area contributed by atoms with E-state index in [0.29, 0.717) is 36.1 Å². The molecule has 0 saturated carbocycles. The van der Waals surface area contributed by atoms with Crippen molar-refractivity contribution in [3.63, 3.8) is 0 Å². The molecule has 0 unspecified atom stereocenters. The Morgan fingerprint density at radius 1 is 1.07 bits per heavy atom. The van der Waals surface area contributed by atoms with Crippen LogP contribution in [0.4, 0.5) is 5.69 Å². The van der Waals surface area contributed by atoms with Crippen molar-refractivity contribution in [3.8, 4) is 17.2 Å². The van der Waals surface area contributed by atoms with Gasteiger partial charge in [-0.3, -0.25) is 9.59 Å². The number of rotatable bonds is 10. The fourth-order valence-corrected chi connectivity index (χ4v) is 3.34. The summed E-state index contributed by atoms with van der Waals surface area (Å²) < 4.78 is 17.1. The minimum Gasteiger partial charge on any atom is -0.494 e. The molecule has 2 aromatic carbocycles. The summed E-state index contributed by atoms with van der Waals surface area (Å²) in [6.45, 7) is 4.83. The van der Waals surface area contributed by atoms with Crippen LogP contribution in [0.15, 0.2) is 41.5 Å². The van der Waals surface area contributed by atoms with Crippen molar-refractivity contribution in [3.05, 3.63) is 45.5 Å². The summed E-state index contributed by atoms with van der Waals surface area (Å²) in [4.78, 5) is 24.0. The minimum atomic E-state index is -0.525. The van der Waals surface area contributed by atoms with Crippen molar-refractivity contribution in [1.82, 2.24) is 5.43 Å². The molecule has 0 heterocycles. The number of anilines is 1. The predicted octanol–water partition coefficient (Wildman–Crippen LogP) is 3.58. The monoisotopic (exact) mass is 525 g/mol. The van der Waals surface area contributed by atoms with Crippen molar-refractivity contribution >= 4 is 46.3 Å². The molecular formula is C21H24IN3O5. The molecule has 0 aliphatic carbocycles. The standard InChI is InChI=1S/C21H24IN3O5/c1-4-29-16-8-6-15(7-9-16)24-19(26)12-20(27)25-23-13-14-10-17(22)21(28-3)18(11-14)30-5-2/h6-11,13H,4-5,12H2,1-3H3,(H,24,26)(H,25,27). The topological polar surface area (TPSA) is 98.2 Å².